The zero-order chi connectivity index (χ0) is 22.8. The Bertz CT molecular complexity index is 1000. The lowest BCUT2D eigenvalue weighted by Crippen LogP contribution is -2.20. The standard InChI is InChI=1S/C25H28O6S/c1-28-20-9-11-21(12-10-20)30-15-19(26)17-32-14-13-18-5-3-7-23-22(18)6-4-8-24(23)31-16-25(27)29-2/h3-12,19,26H,13-17H2,1-2H3. The van der Waals surface area contributed by atoms with Gasteiger partial charge in [-0.15, -0.1) is 0 Å². The molecule has 7 heteroatoms. The highest BCUT2D eigenvalue weighted by Gasteiger charge is 2.10. The van der Waals surface area contributed by atoms with E-state index in [0.717, 1.165) is 28.7 Å². The molecule has 3 rings (SSSR count). The van der Waals surface area contributed by atoms with Gasteiger partial charge in [-0.1, -0.05) is 30.3 Å². The van der Waals surface area contributed by atoms with E-state index in [0.29, 0.717) is 17.3 Å². The van der Waals surface area contributed by atoms with Crippen LogP contribution in [0.15, 0.2) is 60.7 Å². The lowest BCUT2D eigenvalue weighted by Gasteiger charge is -2.13. The highest BCUT2D eigenvalue weighted by Crippen LogP contribution is 2.29. The molecule has 0 fully saturated rings. The van der Waals surface area contributed by atoms with E-state index in [1.165, 1.54) is 12.7 Å². The minimum atomic E-state index is -0.548. The van der Waals surface area contributed by atoms with Gasteiger partial charge in [-0.3, -0.25) is 0 Å². The summed E-state index contributed by atoms with van der Waals surface area (Å²) in [6.45, 7) is 0.126. The molecule has 0 aliphatic rings. The summed E-state index contributed by atoms with van der Waals surface area (Å²) in [5.74, 6) is 3.18. The largest absolute Gasteiger partial charge is 0.497 e. The van der Waals surface area contributed by atoms with Crippen molar-refractivity contribution < 1.29 is 28.8 Å². The van der Waals surface area contributed by atoms with Crippen LogP contribution in [-0.4, -0.2) is 56.1 Å². The topological polar surface area (TPSA) is 74.2 Å². The van der Waals surface area contributed by atoms with Crippen LogP contribution in [0.4, 0.5) is 0 Å². The fraction of sp³-hybridized carbons (Fsp3) is 0.320. The molecule has 1 atom stereocenters. The van der Waals surface area contributed by atoms with Crippen LogP contribution in [0.2, 0.25) is 0 Å². The quantitative estimate of drug-likeness (QED) is 0.325. The molecular formula is C25H28O6S. The number of fused-ring (bicyclic) bond motifs is 1. The van der Waals surface area contributed by atoms with Gasteiger partial charge in [0.2, 0.25) is 0 Å². The molecule has 0 aliphatic carbocycles. The summed E-state index contributed by atoms with van der Waals surface area (Å²) in [7, 11) is 2.96. The van der Waals surface area contributed by atoms with Crippen molar-refractivity contribution in [1.82, 2.24) is 0 Å². The number of hydrogen-bond acceptors (Lipinski definition) is 7. The van der Waals surface area contributed by atoms with E-state index >= 15 is 0 Å². The normalized spacial score (nSPS) is 11.7. The molecular weight excluding hydrogens is 428 g/mol. The molecule has 170 valence electrons. The van der Waals surface area contributed by atoms with Gasteiger partial charge in [0, 0.05) is 11.1 Å². The Morgan fingerprint density at radius 1 is 0.938 bits per heavy atom. The van der Waals surface area contributed by atoms with Crippen LogP contribution in [0, 0.1) is 0 Å². The third-order valence-corrected chi connectivity index (χ3v) is 5.99. The van der Waals surface area contributed by atoms with E-state index in [9.17, 15) is 9.90 Å². The second kappa shape index (κ2) is 12.2. The Balaban J connectivity index is 1.47. The Labute approximate surface area is 192 Å². The molecule has 3 aromatic carbocycles. The number of esters is 1. The van der Waals surface area contributed by atoms with Gasteiger partial charge >= 0.3 is 5.97 Å². The van der Waals surface area contributed by atoms with Crippen molar-refractivity contribution >= 4 is 28.5 Å². The number of aryl methyl sites for hydroxylation is 1. The predicted molar refractivity (Wildman–Crippen MR) is 127 cm³/mol. The number of aliphatic hydroxyl groups excluding tert-OH is 1. The van der Waals surface area contributed by atoms with Gasteiger partial charge in [-0.05, 0) is 53.5 Å². The zero-order valence-electron chi connectivity index (χ0n) is 18.3. The molecule has 3 aromatic rings. The van der Waals surface area contributed by atoms with Crippen LogP contribution in [-0.2, 0) is 16.0 Å². The Morgan fingerprint density at radius 3 is 2.41 bits per heavy atom. The van der Waals surface area contributed by atoms with Gasteiger partial charge in [0.25, 0.3) is 0 Å². The summed E-state index contributed by atoms with van der Waals surface area (Å²) in [4.78, 5) is 11.4. The monoisotopic (exact) mass is 456 g/mol. The van der Waals surface area contributed by atoms with Crippen LogP contribution in [0.1, 0.15) is 5.56 Å². The third kappa shape index (κ3) is 6.80. The van der Waals surface area contributed by atoms with Crippen LogP contribution in [0.3, 0.4) is 0 Å². The van der Waals surface area contributed by atoms with Crippen molar-refractivity contribution in [2.75, 3.05) is 38.9 Å². The van der Waals surface area contributed by atoms with Gasteiger partial charge in [0.1, 0.15) is 23.9 Å². The maximum absolute atomic E-state index is 11.4. The number of rotatable bonds is 12. The maximum Gasteiger partial charge on any atom is 0.343 e. The summed E-state index contributed by atoms with van der Waals surface area (Å²) in [6, 6.07) is 19.2. The number of aliphatic hydroxyl groups is 1. The second-order valence-corrected chi connectivity index (χ2v) is 8.25. The smallest absolute Gasteiger partial charge is 0.343 e. The Morgan fingerprint density at radius 2 is 1.66 bits per heavy atom. The van der Waals surface area contributed by atoms with E-state index in [1.54, 1.807) is 18.9 Å². The number of carbonyl (C=O) groups excluding carboxylic acids is 1. The Hall–Kier alpha value is -2.90. The van der Waals surface area contributed by atoms with Gasteiger partial charge in [-0.25, -0.2) is 4.79 Å². The number of hydrogen-bond donors (Lipinski definition) is 1. The molecule has 0 saturated heterocycles. The average Bonchev–Trinajstić information content (AvgIpc) is 2.84. The Kier molecular flexibility index (Phi) is 9.07. The van der Waals surface area contributed by atoms with Crippen LogP contribution in [0.25, 0.3) is 10.8 Å². The number of carbonyl (C=O) groups is 1. The molecule has 0 amide bonds. The first kappa shape index (κ1) is 23.8. The van der Waals surface area contributed by atoms with E-state index in [4.69, 9.17) is 14.2 Å². The summed E-state index contributed by atoms with van der Waals surface area (Å²) >= 11 is 1.68. The molecule has 0 bridgehead atoms. The predicted octanol–water partition coefficient (Wildman–Crippen LogP) is 4.12. The molecule has 0 spiro atoms. The fourth-order valence-electron chi connectivity index (χ4n) is 3.20. The molecule has 6 nitrogen and oxygen atoms in total. The molecule has 1 N–H and O–H groups in total. The first-order valence-corrected chi connectivity index (χ1v) is 11.5. The molecule has 0 radical (unpaired) electrons. The maximum atomic E-state index is 11.4. The molecule has 0 heterocycles. The van der Waals surface area contributed by atoms with Crippen molar-refractivity contribution in [3.05, 3.63) is 66.2 Å². The van der Waals surface area contributed by atoms with Crippen molar-refractivity contribution in [3.8, 4) is 17.2 Å². The van der Waals surface area contributed by atoms with E-state index < -0.39 is 12.1 Å². The third-order valence-electron chi connectivity index (χ3n) is 4.87. The lowest BCUT2D eigenvalue weighted by molar-refractivity contribution is -0.142. The SMILES string of the molecule is COC(=O)COc1cccc2c(CCSCC(O)COc3ccc(OC)cc3)cccc12. The van der Waals surface area contributed by atoms with E-state index in [-0.39, 0.29) is 13.2 Å². The van der Waals surface area contributed by atoms with Gasteiger partial charge in [0.05, 0.1) is 20.3 Å². The fourth-order valence-corrected chi connectivity index (χ4v) is 4.10. The molecule has 32 heavy (non-hydrogen) atoms. The summed E-state index contributed by atoms with van der Waals surface area (Å²) in [6.07, 6.45) is 0.307. The molecule has 0 aromatic heterocycles. The van der Waals surface area contributed by atoms with Crippen molar-refractivity contribution in [2.24, 2.45) is 0 Å². The number of methoxy groups -OCH3 is 2. The van der Waals surface area contributed by atoms with Crippen molar-refractivity contribution in [1.29, 1.82) is 0 Å². The lowest BCUT2D eigenvalue weighted by atomic mass is 10.0. The highest BCUT2D eigenvalue weighted by molar-refractivity contribution is 7.99. The molecule has 1 unspecified atom stereocenters. The van der Waals surface area contributed by atoms with Crippen LogP contribution in [0.5, 0.6) is 17.2 Å². The summed E-state index contributed by atoms with van der Waals surface area (Å²) < 4.78 is 21.0. The number of thioether (sulfide) groups is 1. The summed E-state index contributed by atoms with van der Waals surface area (Å²) in [5.41, 5.74) is 1.20. The minimum Gasteiger partial charge on any atom is -0.497 e. The number of ether oxygens (including phenoxy) is 4. The molecule has 0 saturated carbocycles. The van der Waals surface area contributed by atoms with Crippen molar-refractivity contribution in [2.45, 2.75) is 12.5 Å². The van der Waals surface area contributed by atoms with Crippen molar-refractivity contribution in [3.63, 3.8) is 0 Å². The van der Waals surface area contributed by atoms with Gasteiger partial charge < -0.3 is 24.1 Å². The van der Waals surface area contributed by atoms with E-state index in [1.807, 2.05) is 48.5 Å². The average molecular weight is 457 g/mol. The number of benzene rings is 3. The minimum absolute atomic E-state index is 0.119. The highest BCUT2D eigenvalue weighted by atomic mass is 32.2. The van der Waals surface area contributed by atoms with Crippen LogP contribution >= 0.6 is 11.8 Å². The molecule has 0 aliphatic heterocycles. The second-order valence-electron chi connectivity index (χ2n) is 7.10. The van der Waals surface area contributed by atoms with Crippen LogP contribution < -0.4 is 14.2 Å². The van der Waals surface area contributed by atoms with Gasteiger partial charge in [0.15, 0.2) is 6.61 Å². The summed E-state index contributed by atoms with van der Waals surface area (Å²) in [5, 5.41) is 12.3. The van der Waals surface area contributed by atoms with Gasteiger partial charge in [-0.2, -0.15) is 11.8 Å². The first-order chi connectivity index (χ1) is 15.6. The van der Waals surface area contributed by atoms with E-state index in [2.05, 4.69) is 16.9 Å². The zero-order valence-corrected chi connectivity index (χ0v) is 19.1. The first-order valence-electron chi connectivity index (χ1n) is 10.3.